The molecule has 0 atom stereocenters. The van der Waals surface area contributed by atoms with Gasteiger partial charge in [-0.25, -0.2) is 13.3 Å². The lowest BCUT2D eigenvalue weighted by molar-refractivity contribution is 0.0990. The third-order valence-corrected chi connectivity index (χ3v) is 7.52. The third-order valence-electron chi connectivity index (χ3n) is 7.52. The van der Waals surface area contributed by atoms with E-state index in [9.17, 15) is 14.0 Å². The molecule has 3 aromatic heterocycles. The van der Waals surface area contributed by atoms with Crippen molar-refractivity contribution in [1.29, 1.82) is 0 Å². The van der Waals surface area contributed by atoms with E-state index in [1.807, 2.05) is 38.5 Å². The lowest BCUT2D eigenvalue weighted by atomic mass is 10.0. The molecule has 0 amide bonds. The Morgan fingerprint density at radius 3 is 2.44 bits per heavy atom. The maximum Gasteiger partial charge on any atom is 0.266 e. The molecule has 0 fully saturated rings. The van der Waals surface area contributed by atoms with Gasteiger partial charge in [-0.3, -0.25) is 14.2 Å². The number of benzene rings is 3. The summed E-state index contributed by atoms with van der Waals surface area (Å²) < 4.78 is 37.9. The second-order valence-corrected chi connectivity index (χ2v) is 11.1. The summed E-state index contributed by atoms with van der Waals surface area (Å²) >= 11 is 0. The molecule has 0 N–H and O–H groups in total. The molecule has 0 aliphatic heterocycles. The lowest BCUT2D eigenvalue weighted by Crippen LogP contribution is -2.27. The Morgan fingerprint density at radius 2 is 1.69 bits per heavy atom. The fourth-order valence-corrected chi connectivity index (χ4v) is 5.43. The molecular formula is C36H30F2N4O3. The van der Waals surface area contributed by atoms with Gasteiger partial charge in [-0.05, 0) is 97.9 Å². The molecule has 0 bridgehead atoms. The van der Waals surface area contributed by atoms with Crippen LogP contribution in [0.2, 0.25) is 0 Å². The minimum atomic E-state index is -0.648. The summed E-state index contributed by atoms with van der Waals surface area (Å²) in [5, 5.41) is 4.40. The number of pyridine rings is 1. The van der Waals surface area contributed by atoms with Gasteiger partial charge in [0, 0.05) is 42.7 Å². The van der Waals surface area contributed by atoms with Crippen molar-refractivity contribution < 1.29 is 18.3 Å². The Labute approximate surface area is 258 Å². The van der Waals surface area contributed by atoms with Crippen LogP contribution in [0.3, 0.4) is 0 Å². The number of Topliss-reactive ketones (excluding diaryl/α,β-unsaturated/α-hetero) is 1. The highest BCUT2D eigenvalue weighted by atomic mass is 19.1. The van der Waals surface area contributed by atoms with Gasteiger partial charge in [0.2, 0.25) is 0 Å². The molecule has 9 heteroatoms. The fraction of sp³-hybridized carbons (Fsp3) is 0.139. The number of carbonyl (C=O) groups excluding carboxylic acids is 1. The first-order valence-corrected chi connectivity index (χ1v) is 14.4. The highest BCUT2D eigenvalue weighted by Crippen LogP contribution is 2.35. The summed E-state index contributed by atoms with van der Waals surface area (Å²) in [6.45, 7) is 2.46. The van der Waals surface area contributed by atoms with Gasteiger partial charge in [0.05, 0.1) is 11.8 Å². The summed E-state index contributed by atoms with van der Waals surface area (Å²) in [4.78, 5) is 28.7. The van der Waals surface area contributed by atoms with Gasteiger partial charge in [-0.15, -0.1) is 0 Å². The average molecular weight is 605 g/mol. The van der Waals surface area contributed by atoms with E-state index in [0.29, 0.717) is 28.1 Å². The minimum absolute atomic E-state index is 0.00264. The Hall–Kier alpha value is -5.41. The number of ketones is 1. The zero-order chi connectivity index (χ0) is 31.7. The van der Waals surface area contributed by atoms with Crippen molar-refractivity contribution in [3.8, 4) is 28.3 Å². The quantitative estimate of drug-likeness (QED) is 0.166. The Kier molecular flexibility index (Phi) is 8.10. The van der Waals surface area contributed by atoms with Crippen molar-refractivity contribution >= 4 is 11.3 Å². The first-order valence-electron chi connectivity index (χ1n) is 14.4. The SMILES string of the molecule is Cc1ccn(-c2ccc(F)cc2)c(=O)c1C(=O)Cc1ccc(Oc2ccnn3ccc(-c4cccc(CN(C)C)c4)c23)c(F)c1. The normalized spacial score (nSPS) is 11.3. The van der Waals surface area contributed by atoms with Crippen molar-refractivity contribution in [1.82, 2.24) is 19.1 Å². The van der Waals surface area contributed by atoms with Crippen LogP contribution in [-0.2, 0) is 13.0 Å². The zero-order valence-corrected chi connectivity index (χ0v) is 25.0. The summed E-state index contributed by atoms with van der Waals surface area (Å²) in [6.07, 6.45) is 4.77. The molecule has 0 unspecified atom stereocenters. The van der Waals surface area contributed by atoms with Gasteiger partial charge < -0.3 is 9.64 Å². The molecule has 6 rings (SSSR count). The Bertz CT molecular complexity index is 2100. The van der Waals surface area contributed by atoms with Crippen LogP contribution in [0.15, 0.2) is 108 Å². The molecule has 0 aliphatic carbocycles. The number of ether oxygens (including phenoxy) is 1. The topological polar surface area (TPSA) is 68.8 Å². The maximum atomic E-state index is 15.4. The van der Waals surface area contributed by atoms with Crippen LogP contribution in [0.1, 0.15) is 27.0 Å². The third kappa shape index (κ3) is 6.16. The molecule has 45 heavy (non-hydrogen) atoms. The number of carbonyl (C=O) groups is 1. The van der Waals surface area contributed by atoms with Gasteiger partial charge in [0.15, 0.2) is 23.1 Å². The fourth-order valence-electron chi connectivity index (χ4n) is 5.43. The summed E-state index contributed by atoms with van der Waals surface area (Å²) in [5.74, 6) is -1.12. The van der Waals surface area contributed by atoms with E-state index in [1.165, 1.54) is 41.0 Å². The Morgan fingerprint density at radius 1 is 0.889 bits per heavy atom. The van der Waals surface area contributed by atoms with Crippen LogP contribution < -0.4 is 10.3 Å². The Balaban J connectivity index is 1.26. The molecule has 3 heterocycles. The standard InChI is InChI=1S/C36H30F2N4O3/c1-23-14-17-41(28-10-8-27(37)9-11-28)36(44)34(23)31(43)21-24-7-12-32(30(38)20-24)45-33-13-16-39-42-18-15-29(35(33)42)26-6-4-5-25(19-26)22-40(2)3/h4-20H,21-22H2,1-3H3. The van der Waals surface area contributed by atoms with Crippen LogP contribution in [0.5, 0.6) is 11.5 Å². The number of halogens is 2. The van der Waals surface area contributed by atoms with Crippen molar-refractivity contribution in [2.45, 2.75) is 19.9 Å². The van der Waals surface area contributed by atoms with E-state index >= 15 is 4.39 Å². The van der Waals surface area contributed by atoms with Crippen LogP contribution >= 0.6 is 0 Å². The zero-order valence-electron chi connectivity index (χ0n) is 25.0. The monoisotopic (exact) mass is 604 g/mol. The molecule has 7 nitrogen and oxygen atoms in total. The molecule has 6 aromatic rings. The highest BCUT2D eigenvalue weighted by Gasteiger charge is 2.19. The van der Waals surface area contributed by atoms with Crippen LogP contribution in [0.4, 0.5) is 8.78 Å². The summed E-state index contributed by atoms with van der Waals surface area (Å²) in [6, 6.07) is 23.2. The number of aromatic nitrogens is 3. The van der Waals surface area contributed by atoms with Crippen LogP contribution in [-0.4, -0.2) is 39.0 Å². The second kappa shape index (κ2) is 12.3. The van der Waals surface area contributed by atoms with Crippen LogP contribution in [0, 0.1) is 18.6 Å². The number of rotatable bonds is 9. The molecule has 0 radical (unpaired) electrons. The number of aryl methyl sites for hydroxylation is 1. The molecule has 226 valence electrons. The molecule has 0 saturated carbocycles. The summed E-state index contributed by atoms with van der Waals surface area (Å²) in [5.41, 5.74) is 4.52. The molecule has 3 aromatic carbocycles. The van der Waals surface area contributed by atoms with E-state index in [1.54, 1.807) is 42.0 Å². The molecule has 0 spiro atoms. The predicted octanol–water partition coefficient (Wildman–Crippen LogP) is 7.02. The first kappa shape index (κ1) is 29.7. The average Bonchev–Trinajstić information content (AvgIpc) is 3.44. The van der Waals surface area contributed by atoms with Gasteiger partial charge in [0.1, 0.15) is 11.3 Å². The van der Waals surface area contributed by atoms with Gasteiger partial charge in [0.25, 0.3) is 5.56 Å². The van der Waals surface area contributed by atoms with E-state index in [4.69, 9.17) is 4.74 Å². The minimum Gasteiger partial charge on any atom is -0.452 e. The van der Waals surface area contributed by atoms with Crippen molar-refractivity contribution in [2.75, 3.05) is 14.1 Å². The molecule has 0 saturated heterocycles. The number of hydrogen-bond acceptors (Lipinski definition) is 5. The molecule has 0 aliphatic rings. The van der Waals surface area contributed by atoms with E-state index < -0.39 is 23.0 Å². The van der Waals surface area contributed by atoms with Crippen molar-refractivity contribution in [3.63, 3.8) is 0 Å². The second-order valence-electron chi connectivity index (χ2n) is 11.1. The number of nitrogens with zero attached hydrogens (tertiary/aromatic N) is 4. The van der Waals surface area contributed by atoms with E-state index in [-0.39, 0.29) is 17.7 Å². The number of fused-ring (bicyclic) bond motifs is 1. The van der Waals surface area contributed by atoms with Gasteiger partial charge in [-0.1, -0.05) is 24.3 Å². The largest absolute Gasteiger partial charge is 0.452 e. The number of hydrogen-bond donors (Lipinski definition) is 0. The van der Waals surface area contributed by atoms with Crippen LogP contribution in [0.25, 0.3) is 22.3 Å². The summed E-state index contributed by atoms with van der Waals surface area (Å²) in [7, 11) is 4.03. The first-order chi connectivity index (χ1) is 21.7. The van der Waals surface area contributed by atoms with E-state index in [2.05, 4.69) is 22.1 Å². The van der Waals surface area contributed by atoms with E-state index in [0.717, 1.165) is 23.2 Å². The predicted molar refractivity (Wildman–Crippen MR) is 169 cm³/mol. The molecular weight excluding hydrogens is 574 g/mol. The lowest BCUT2D eigenvalue weighted by Gasteiger charge is -2.13. The van der Waals surface area contributed by atoms with Crippen molar-refractivity contribution in [3.05, 3.63) is 148 Å². The maximum absolute atomic E-state index is 15.4. The van der Waals surface area contributed by atoms with Crippen molar-refractivity contribution in [2.24, 2.45) is 0 Å². The van der Waals surface area contributed by atoms with Gasteiger partial charge in [-0.2, -0.15) is 5.10 Å². The van der Waals surface area contributed by atoms with Gasteiger partial charge >= 0.3 is 0 Å². The smallest absolute Gasteiger partial charge is 0.266 e. The highest BCUT2D eigenvalue weighted by molar-refractivity contribution is 5.98.